The quantitative estimate of drug-likeness (QED) is 0.745. The molecule has 1 aromatic rings. The van der Waals surface area contributed by atoms with E-state index in [-0.39, 0.29) is 9.78 Å². The molecule has 0 fully saturated rings. The third-order valence-electron chi connectivity index (χ3n) is 1.86. The van der Waals surface area contributed by atoms with Crippen LogP contribution in [0, 0.1) is 0 Å². The number of rotatable bonds is 3. The van der Waals surface area contributed by atoms with Crippen molar-refractivity contribution in [3.63, 3.8) is 0 Å². The molecule has 2 unspecified atom stereocenters. The third kappa shape index (κ3) is 2.84. The van der Waals surface area contributed by atoms with E-state index in [9.17, 15) is 10.2 Å². The Hall–Kier alpha value is -0.302. The van der Waals surface area contributed by atoms with Gasteiger partial charge in [-0.15, -0.1) is 0 Å². The maximum absolute atomic E-state index is 9.54. The number of hydrogen-bond donors (Lipinski definition) is 2. The van der Waals surface area contributed by atoms with Crippen molar-refractivity contribution < 1.29 is 10.2 Å². The topological polar surface area (TPSA) is 40.5 Å². The molecule has 0 aliphatic heterocycles. The monoisotopic (exact) mass is 242 g/mol. The SMILES string of the molecule is CC(O)[As](c1ccccc1)C(C)O. The summed E-state index contributed by atoms with van der Waals surface area (Å²) in [5, 5.41) is 19.1. The first-order chi connectivity index (χ1) is 6.13. The van der Waals surface area contributed by atoms with Crippen LogP contribution in [0.2, 0.25) is 0 Å². The molecule has 2 atom stereocenters. The van der Waals surface area contributed by atoms with Gasteiger partial charge >= 0.3 is 83.2 Å². The summed E-state index contributed by atoms with van der Waals surface area (Å²) in [5.41, 5.74) is 0. The van der Waals surface area contributed by atoms with E-state index < -0.39 is 14.7 Å². The van der Waals surface area contributed by atoms with Gasteiger partial charge in [0.2, 0.25) is 0 Å². The summed E-state index contributed by atoms with van der Waals surface area (Å²) in [7, 11) is 0. The van der Waals surface area contributed by atoms with Crippen molar-refractivity contribution in [1.29, 1.82) is 0 Å². The van der Waals surface area contributed by atoms with Gasteiger partial charge in [-0.1, -0.05) is 0 Å². The molecule has 2 nitrogen and oxygen atoms in total. The van der Waals surface area contributed by atoms with Crippen LogP contribution in [-0.4, -0.2) is 34.6 Å². The first kappa shape index (κ1) is 10.8. The van der Waals surface area contributed by atoms with E-state index >= 15 is 0 Å². The predicted molar refractivity (Wildman–Crippen MR) is 55.2 cm³/mol. The zero-order valence-corrected chi connectivity index (χ0v) is 9.76. The van der Waals surface area contributed by atoms with Gasteiger partial charge in [-0.25, -0.2) is 0 Å². The van der Waals surface area contributed by atoms with Crippen LogP contribution in [-0.2, 0) is 0 Å². The molecule has 13 heavy (non-hydrogen) atoms. The van der Waals surface area contributed by atoms with Gasteiger partial charge in [0.1, 0.15) is 0 Å². The molecule has 2 N–H and O–H groups in total. The Kier molecular flexibility index (Phi) is 3.98. The van der Waals surface area contributed by atoms with E-state index in [1.807, 2.05) is 30.3 Å². The molecule has 0 aliphatic carbocycles. The fourth-order valence-corrected chi connectivity index (χ4v) is 5.55. The first-order valence-electron chi connectivity index (χ1n) is 4.32. The van der Waals surface area contributed by atoms with Crippen molar-refractivity contribution in [3.8, 4) is 0 Å². The molecule has 0 aliphatic rings. The van der Waals surface area contributed by atoms with E-state index in [2.05, 4.69) is 0 Å². The number of benzene rings is 1. The van der Waals surface area contributed by atoms with Crippen molar-refractivity contribution in [2.75, 3.05) is 0 Å². The number of aliphatic hydroxyl groups is 2. The Labute approximate surface area is 83.5 Å². The Balaban J connectivity index is 2.89. The zero-order valence-electron chi connectivity index (χ0n) is 7.88. The summed E-state index contributed by atoms with van der Waals surface area (Å²) in [5.74, 6) is 0. The van der Waals surface area contributed by atoms with Crippen molar-refractivity contribution in [3.05, 3.63) is 30.3 Å². The second kappa shape index (κ2) is 4.80. The van der Waals surface area contributed by atoms with Crippen molar-refractivity contribution in [2.24, 2.45) is 0 Å². The molecule has 1 aromatic carbocycles. The Morgan fingerprint density at radius 1 is 1.00 bits per heavy atom. The van der Waals surface area contributed by atoms with Crippen LogP contribution in [0.15, 0.2) is 30.3 Å². The van der Waals surface area contributed by atoms with Crippen LogP contribution < -0.4 is 4.35 Å². The van der Waals surface area contributed by atoms with Crippen LogP contribution in [0.25, 0.3) is 0 Å². The number of aliphatic hydroxyl groups excluding tert-OH is 2. The van der Waals surface area contributed by atoms with Gasteiger partial charge in [-0.05, 0) is 0 Å². The van der Waals surface area contributed by atoms with Gasteiger partial charge < -0.3 is 0 Å². The fourth-order valence-electron chi connectivity index (χ4n) is 1.34. The molecule has 0 bridgehead atoms. The molecular weight excluding hydrogens is 227 g/mol. The Bertz CT molecular complexity index is 238. The average molecular weight is 242 g/mol. The molecule has 0 aromatic heterocycles. The summed E-state index contributed by atoms with van der Waals surface area (Å²) in [6.07, 6.45) is 0. The third-order valence-corrected chi connectivity index (χ3v) is 7.11. The van der Waals surface area contributed by atoms with Gasteiger partial charge in [0.05, 0.1) is 0 Å². The van der Waals surface area contributed by atoms with E-state index in [1.165, 1.54) is 0 Å². The van der Waals surface area contributed by atoms with E-state index in [1.54, 1.807) is 13.8 Å². The summed E-state index contributed by atoms with van der Waals surface area (Å²) in [6, 6.07) is 9.81. The molecule has 0 saturated heterocycles. The molecule has 0 radical (unpaired) electrons. The van der Waals surface area contributed by atoms with Crippen LogP contribution in [0.1, 0.15) is 13.8 Å². The van der Waals surface area contributed by atoms with Crippen LogP contribution in [0.4, 0.5) is 0 Å². The number of hydrogen-bond acceptors (Lipinski definition) is 2. The van der Waals surface area contributed by atoms with Gasteiger partial charge in [0.25, 0.3) is 0 Å². The van der Waals surface area contributed by atoms with E-state index in [0.717, 1.165) is 4.35 Å². The molecule has 1 rings (SSSR count). The zero-order chi connectivity index (χ0) is 9.84. The summed E-state index contributed by atoms with van der Waals surface area (Å²) >= 11 is -1.70. The molecular formula is C10H15AsO2. The van der Waals surface area contributed by atoms with E-state index in [4.69, 9.17) is 0 Å². The maximum atomic E-state index is 9.54. The summed E-state index contributed by atoms with van der Waals surface area (Å²) in [6.45, 7) is 3.53. The minimum absolute atomic E-state index is 0.380. The van der Waals surface area contributed by atoms with Crippen LogP contribution in [0.3, 0.4) is 0 Å². The predicted octanol–water partition coefficient (Wildman–Crippen LogP) is 0.228. The van der Waals surface area contributed by atoms with Gasteiger partial charge in [-0.2, -0.15) is 0 Å². The van der Waals surface area contributed by atoms with Crippen molar-refractivity contribution in [1.82, 2.24) is 0 Å². The molecule has 72 valence electrons. The standard InChI is InChI=1S/C10H15AsO2/c1-8(12)11(9(2)13)10-6-4-3-5-7-10/h3-9,12-13H,1-2H3. The van der Waals surface area contributed by atoms with Crippen molar-refractivity contribution in [2.45, 2.75) is 23.6 Å². The minimum atomic E-state index is -1.70. The molecule has 0 saturated carbocycles. The Morgan fingerprint density at radius 2 is 1.46 bits per heavy atom. The van der Waals surface area contributed by atoms with Crippen LogP contribution in [0.5, 0.6) is 0 Å². The van der Waals surface area contributed by atoms with Crippen molar-refractivity contribution >= 4 is 19.0 Å². The molecule has 3 heteroatoms. The molecule has 0 amide bonds. The van der Waals surface area contributed by atoms with Gasteiger partial charge in [-0.3, -0.25) is 0 Å². The van der Waals surface area contributed by atoms with Gasteiger partial charge in [0.15, 0.2) is 0 Å². The molecule has 0 heterocycles. The summed E-state index contributed by atoms with van der Waals surface area (Å²) < 4.78 is 1.13. The van der Waals surface area contributed by atoms with Gasteiger partial charge in [0, 0.05) is 0 Å². The first-order valence-corrected chi connectivity index (χ1v) is 7.43. The molecule has 0 spiro atoms. The normalized spacial score (nSPS) is 17.8. The van der Waals surface area contributed by atoms with E-state index in [0.29, 0.717) is 0 Å². The fraction of sp³-hybridized carbons (Fsp3) is 0.400. The van der Waals surface area contributed by atoms with Crippen LogP contribution >= 0.6 is 0 Å². The second-order valence-electron chi connectivity index (χ2n) is 3.01. The Morgan fingerprint density at radius 3 is 1.85 bits per heavy atom. The summed E-state index contributed by atoms with van der Waals surface area (Å²) in [4.78, 5) is -0.759. The average Bonchev–Trinajstić information content (AvgIpc) is 2.04. The second-order valence-corrected chi connectivity index (χ2v) is 8.93.